The van der Waals surface area contributed by atoms with E-state index in [4.69, 9.17) is 4.98 Å². The summed E-state index contributed by atoms with van der Waals surface area (Å²) in [6, 6.07) is 4.05. The molecule has 2 saturated heterocycles. The molecule has 0 saturated carbocycles. The summed E-state index contributed by atoms with van der Waals surface area (Å²) >= 11 is 0. The van der Waals surface area contributed by atoms with Crippen LogP contribution in [0.2, 0.25) is 0 Å². The quantitative estimate of drug-likeness (QED) is 0.519. The molecule has 5 rings (SSSR count). The van der Waals surface area contributed by atoms with E-state index >= 15 is 0 Å². The molecule has 0 spiro atoms. The average Bonchev–Trinajstić information content (AvgIpc) is 2.86. The Hall–Kier alpha value is -3.60. The fraction of sp³-hybridized carbons (Fsp3) is 0.500. The Morgan fingerprint density at radius 3 is 2.68 bits per heavy atom. The van der Waals surface area contributed by atoms with Gasteiger partial charge in [0.15, 0.2) is 5.67 Å². The van der Waals surface area contributed by atoms with Crippen molar-refractivity contribution < 1.29 is 14.3 Å². The fourth-order valence-electron chi connectivity index (χ4n) is 4.78. The van der Waals surface area contributed by atoms with Crippen LogP contribution in [0.3, 0.4) is 0 Å². The van der Waals surface area contributed by atoms with Crippen LogP contribution >= 0.6 is 0 Å². The van der Waals surface area contributed by atoms with Crippen molar-refractivity contribution in [3.05, 3.63) is 36.3 Å². The lowest BCUT2D eigenvalue weighted by Gasteiger charge is -2.40. The Bertz CT molecular complexity index is 1320. The van der Waals surface area contributed by atoms with Gasteiger partial charge in [-0.2, -0.15) is 4.98 Å². The van der Waals surface area contributed by atoms with Crippen LogP contribution in [0, 0.1) is 0 Å². The number of pyridine rings is 2. The van der Waals surface area contributed by atoms with Crippen molar-refractivity contribution in [3.8, 4) is 0 Å². The number of carbonyl (C=O) groups excluding carboxylic acids is 1. The van der Waals surface area contributed by atoms with E-state index < -0.39 is 11.8 Å². The number of piperidine rings is 1. The van der Waals surface area contributed by atoms with Gasteiger partial charge < -0.3 is 25.1 Å². The van der Waals surface area contributed by atoms with Gasteiger partial charge in [0.05, 0.1) is 19.1 Å². The zero-order valence-corrected chi connectivity index (χ0v) is 21.6. The van der Waals surface area contributed by atoms with Crippen molar-refractivity contribution in [1.29, 1.82) is 0 Å². The predicted octanol–water partition coefficient (Wildman–Crippen LogP) is 2.69. The van der Waals surface area contributed by atoms with Gasteiger partial charge in [-0.25, -0.2) is 19.3 Å². The van der Waals surface area contributed by atoms with E-state index in [-0.39, 0.29) is 18.9 Å². The first kappa shape index (κ1) is 25.1. The number of aliphatic hydroxyl groups excluding tert-OH is 1. The van der Waals surface area contributed by atoms with Crippen molar-refractivity contribution in [2.24, 2.45) is 0 Å². The molecular formula is C26H33FN8O2. The van der Waals surface area contributed by atoms with E-state index in [1.807, 2.05) is 6.07 Å². The molecule has 5 heterocycles. The molecule has 2 fully saturated rings. The van der Waals surface area contributed by atoms with E-state index in [0.717, 1.165) is 35.1 Å². The number of rotatable bonds is 6. The average molecular weight is 509 g/mol. The van der Waals surface area contributed by atoms with E-state index in [0.29, 0.717) is 36.6 Å². The van der Waals surface area contributed by atoms with Gasteiger partial charge in [-0.3, -0.25) is 4.79 Å². The lowest BCUT2D eigenvalue weighted by molar-refractivity contribution is -0.127. The van der Waals surface area contributed by atoms with Crippen molar-refractivity contribution in [2.75, 3.05) is 48.8 Å². The number of alkyl halides is 1. The molecule has 0 aromatic carbocycles. The number of fused-ring (bicyclic) bond motifs is 1. The number of halogens is 1. The molecule has 0 radical (unpaired) electrons. The van der Waals surface area contributed by atoms with Crippen molar-refractivity contribution in [2.45, 2.75) is 50.9 Å². The number of likely N-dealkylation sites (N-methyl/N-ethyl adjacent to an activating group) is 1. The standard InChI is InChI=1S/C26H33FN8O2/c1-16-6-10-35(16)24-19-14-29-22(12-18(19)17(13-30-24)11-23(37)33(3)4)31-21-5-8-28-25(32-21)34-9-7-20(36)26(2,27)15-34/h5,8,12-14,16,20,36H,6-7,9-11,15H2,1-4H3,(H,28,29,31,32)/t16-,20-,26+/m1/s1. The highest BCUT2D eigenvalue weighted by Crippen LogP contribution is 2.34. The highest BCUT2D eigenvalue weighted by Gasteiger charge is 2.39. The van der Waals surface area contributed by atoms with Crippen molar-refractivity contribution in [3.63, 3.8) is 0 Å². The number of nitrogens with one attached hydrogen (secondary N) is 1. The van der Waals surface area contributed by atoms with Crippen LogP contribution in [0.4, 0.5) is 27.8 Å². The van der Waals surface area contributed by atoms with E-state index in [1.54, 1.807) is 48.6 Å². The monoisotopic (exact) mass is 508 g/mol. The first-order valence-electron chi connectivity index (χ1n) is 12.6. The molecule has 11 heteroatoms. The second kappa shape index (κ2) is 9.70. The summed E-state index contributed by atoms with van der Waals surface area (Å²) in [6.45, 7) is 4.99. The molecule has 37 heavy (non-hydrogen) atoms. The Morgan fingerprint density at radius 1 is 1.19 bits per heavy atom. The van der Waals surface area contributed by atoms with Gasteiger partial charge in [-0.15, -0.1) is 0 Å². The highest BCUT2D eigenvalue weighted by atomic mass is 19.1. The molecule has 3 aromatic heterocycles. The SMILES string of the molecule is C[C@@H]1CCN1c1ncc(CC(=O)N(C)C)c2cc(Nc3ccnc(N4CC[C@@H](O)[C@@](C)(F)C4)n3)ncc12. The molecule has 0 aliphatic carbocycles. The maximum absolute atomic E-state index is 14.7. The number of hydrogen-bond donors (Lipinski definition) is 2. The van der Waals surface area contributed by atoms with E-state index in [9.17, 15) is 14.3 Å². The maximum Gasteiger partial charge on any atom is 0.227 e. The normalized spacial score (nSPS) is 23.6. The lowest BCUT2D eigenvalue weighted by Crippen LogP contribution is -2.52. The van der Waals surface area contributed by atoms with Crippen molar-refractivity contribution >= 4 is 40.1 Å². The van der Waals surface area contributed by atoms with Crippen LogP contribution < -0.4 is 15.1 Å². The first-order chi connectivity index (χ1) is 17.6. The first-order valence-corrected chi connectivity index (χ1v) is 12.6. The number of hydrogen-bond acceptors (Lipinski definition) is 9. The number of amides is 1. The summed E-state index contributed by atoms with van der Waals surface area (Å²) in [5, 5.41) is 15.0. The summed E-state index contributed by atoms with van der Waals surface area (Å²) in [4.78, 5) is 36.3. The van der Waals surface area contributed by atoms with Crippen LogP contribution in [-0.4, -0.2) is 87.4 Å². The molecule has 10 nitrogen and oxygen atoms in total. The van der Waals surface area contributed by atoms with Crippen molar-refractivity contribution in [1.82, 2.24) is 24.8 Å². The second-order valence-electron chi connectivity index (χ2n) is 10.4. The van der Waals surface area contributed by atoms with E-state index in [1.165, 1.54) is 6.92 Å². The van der Waals surface area contributed by atoms with Crippen LogP contribution in [0.15, 0.2) is 30.7 Å². The summed E-state index contributed by atoms with van der Waals surface area (Å²) in [5.41, 5.74) is -0.904. The number of anilines is 4. The van der Waals surface area contributed by atoms with Crippen LogP contribution in [0.25, 0.3) is 10.8 Å². The summed E-state index contributed by atoms with van der Waals surface area (Å²) in [5.74, 6) is 2.33. The lowest BCUT2D eigenvalue weighted by atomic mass is 9.94. The fourth-order valence-corrected chi connectivity index (χ4v) is 4.78. The van der Waals surface area contributed by atoms with Crippen LogP contribution in [0.1, 0.15) is 32.3 Å². The largest absolute Gasteiger partial charge is 0.390 e. The second-order valence-corrected chi connectivity index (χ2v) is 10.4. The summed E-state index contributed by atoms with van der Waals surface area (Å²) < 4.78 is 14.7. The smallest absolute Gasteiger partial charge is 0.227 e. The Morgan fingerprint density at radius 2 is 2.00 bits per heavy atom. The Balaban J connectivity index is 1.45. The summed E-state index contributed by atoms with van der Waals surface area (Å²) in [7, 11) is 3.48. The molecule has 0 unspecified atom stereocenters. The van der Waals surface area contributed by atoms with Gasteiger partial charge in [-0.05, 0) is 49.8 Å². The van der Waals surface area contributed by atoms with Gasteiger partial charge in [-0.1, -0.05) is 0 Å². The molecule has 3 atom stereocenters. The molecule has 2 N–H and O–H groups in total. The number of aromatic nitrogens is 4. The Labute approximate surface area is 215 Å². The number of nitrogens with zero attached hydrogens (tertiary/aromatic N) is 7. The molecule has 2 aliphatic heterocycles. The van der Waals surface area contributed by atoms with Gasteiger partial charge >= 0.3 is 0 Å². The Kier molecular flexibility index (Phi) is 6.57. The third-order valence-corrected chi connectivity index (χ3v) is 7.31. The molecule has 3 aromatic rings. The van der Waals surface area contributed by atoms with Crippen LogP contribution in [-0.2, 0) is 11.2 Å². The van der Waals surface area contributed by atoms with Gasteiger partial charge in [0.25, 0.3) is 0 Å². The number of aliphatic hydroxyl groups is 1. The number of carbonyl (C=O) groups is 1. The topological polar surface area (TPSA) is 111 Å². The predicted molar refractivity (Wildman–Crippen MR) is 141 cm³/mol. The van der Waals surface area contributed by atoms with Gasteiger partial charge in [0.2, 0.25) is 11.9 Å². The molecule has 2 aliphatic rings. The highest BCUT2D eigenvalue weighted by molar-refractivity contribution is 5.97. The minimum atomic E-state index is -1.73. The third kappa shape index (κ3) is 5.00. The molecule has 0 bridgehead atoms. The minimum Gasteiger partial charge on any atom is -0.390 e. The zero-order chi connectivity index (χ0) is 26.3. The van der Waals surface area contributed by atoms with Crippen LogP contribution in [0.5, 0.6) is 0 Å². The minimum absolute atomic E-state index is 0.00792. The van der Waals surface area contributed by atoms with Gasteiger partial charge in [0.1, 0.15) is 17.5 Å². The molecular weight excluding hydrogens is 475 g/mol. The zero-order valence-electron chi connectivity index (χ0n) is 21.6. The van der Waals surface area contributed by atoms with E-state index in [2.05, 4.69) is 32.1 Å². The third-order valence-electron chi connectivity index (χ3n) is 7.31. The van der Waals surface area contributed by atoms with Gasteiger partial charge in [0, 0.05) is 57.2 Å². The molecule has 1 amide bonds. The maximum atomic E-state index is 14.7. The molecule has 196 valence electrons. The summed E-state index contributed by atoms with van der Waals surface area (Å²) in [6.07, 6.45) is 5.84.